The molecule has 3 heteroatoms. The molecule has 0 aromatic rings. The molecule has 1 N–H and O–H groups in total. The fraction of sp³-hybridized carbons (Fsp3) is 0.417. The molecule has 80 valence electrons. The molecule has 0 saturated heterocycles. The first-order chi connectivity index (χ1) is 6.96. The van der Waals surface area contributed by atoms with Gasteiger partial charge in [0.1, 0.15) is 0 Å². The molecule has 0 spiro atoms. The van der Waals surface area contributed by atoms with Crippen molar-refractivity contribution in [2.45, 2.75) is 27.2 Å². The monoisotopic (exact) mass is 204 g/mol. The van der Waals surface area contributed by atoms with Crippen LogP contribution in [0, 0.1) is 5.41 Å². The first-order valence-electron chi connectivity index (χ1n) is 5.12. The minimum atomic E-state index is 0.220. The van der Waals surface area contributed by atoms with Crippen molar-refractivity contribution < 1.29 is 5.21 Å². The number of rotatable bonds is 1. The van der Waals surface area contributed by atoms with Gasteiger partial charge in [0.15, 0.2) is 5.82 Å². The van der Waals surface area contributed by atoms with Gasteiger partial charge >= 0.3 is 0 Å². The van der Waals surface area contributed by atoms with E-state index in [2.05, 4.69) is 25.8 Å². The zero-order valence-electron chi connectivity index (χ0n) is 9.36. The van der Waals surface area contributed by atoms with Crippen LogP contribution in [0.15, 0.2) is 24.4 Å². The molecule has 0 aromatic carbocycles. The van der Waals surface area contributed by atoms with Crippen LogP contribution in [0.2, 0.25) is 0 Å². The molecule has 15 heavy (non-hydrogen) atoms. The van der Waals surface area contributed by atoms with E-state index >= 15 is 0 Å². The van der Waals surface area contributed by atoms with Crippen molar-refractivity contribution in [3.8, 4) is 11.4 Å². The van der Waals surface area contributed by atoms with Crippen LogP contribution >= 0.6 is 0 Å². The van der Waals surface area contributed by atoms with E-state index in [9.17, 15) is 5.21 Å². The van der Waals surface area contributed by atoms with Gasteiger partial charge < -0.3 is 5.21 Å². The lowest BCUT2D eigenvalue weighted by molar-refractivity contribution is 0.186. The molecule has 2 aliphatic rings. The minimum absolute atomic E-state index is 0.220. The highest BCUT2D eigenvalue weighted by Crippen LogP contribution is 2.26. The maximum absolute atomic E-state index is 9.54. The van der Waals surface area contributed by atoms with Crippen LogP contribution in [0.1, 0.15) is 26.5 Å². The summed E-state index contributed by atoms with van der Waals surface area (Å²) >= 11 is 0. The molecule has 0 saturated carbocycles. The Morgan fingerprint density at radius 3 is 2.73 bits per heavy atom. The Hall–Kier alpha value is -1.51. The van der Waals surface area contributed by atoms with Gasteiger partial charge in [0.25, 0.3) is 0 Å². The maximum atomic E-state index is 9.54. The third-order valence-electron chi connectivity index (χ3n) is 2.26. The highest BCUT2D eigenvalue weighted by Gasteiger charge is 2.17. The molecule has 3 nitrogen and oxygen atoms in total. The fourth-order valence-corrected chi connectivity index (χ4v) is 1.72. The standard InChI is InChI=1S/C12H16N2O/c1-12(2,3)8-10-7-9-5-4-6-14(15)11(9)13-10/h4-7,15H,8H2,1-3H3. The minimum Gasteiger partial charge on any atom is -0.427 e. The number of pyridine rings is 1. The lowest BCUT2D eigenvalue weighted by Crippen LogP contribution is -2.09. The van der Waals surface area contributed by atoms with Crippen LogP contribution in [-0.4, -0.2) is 14.9 Å². The highest BCUT2D eigenvalue weighted by atomic mass is 16.5. The molecule has 0 atom stereocenters. The first kappa shape index (κ1) is 10.0. The molecule has 0 bridgehead atoms. The van der Waals surface area contributed by atoms with Crippen LogP contribution in [0.25, 0.3) is 11.4 Å². The van der Waals surface area contributed by atoms with Crippen LogP contribution in [0.3, 0.4) is 0 Å². The summed E-state index contributed by atoms with van der Waals surface area (Å²) in [5.41, 5.74) is 2.24. The third kappa shape index (κ3) is 2.12. The van der Waals surface area contributed by atoms with E-state index in [1.54, 1.807) is 6.20 Å². The Bertz CT molecular complexity index is 440. The summed E-state index contributed by atoms with van der Waals surface area (Å²) in [7, 11) is 0. The number of aromatic nitrogens is 2. The molecule has 0 amide bonds. The van der Waals surface area contributed by atoms with Gasteiger partial charge in [-0.25, -0.2) is 4.98 Å². The van der Waals surface area contributed by atoms with E-state index in [-0.39, 0.29) is 5.41 Å². The second-order valence-electron chi connectivity index (χ2n) is 5.12. The molecule has 0 aliphatic carbocycles. The number of hydrogen-bond acceptors (Lipinski definition) is 2. The number of fused-ring (bicyclic) bond motifs is 1. The van der Waals surface area contributed by atoms with Crippen molar-refractivity contribution in [2.75, 3.05) is 0 Å². The molecule has 2 rings (SSSR count). The molecular formula is C12H16N2O. The Labute approximate surface area is 89.7 Å². The van der Waals surface area contributed by atoms with Gasteiger partial charge in [-0.3, -0.25) is 0 Å². The second kappa shape index (κ2) is 3.26. The van der Waals surface area contributed by atoms with E-state index in [4.69, 9.17) is 0 Å². The quantitative estimate of drug-likeness (QED) is 0.725. The van der Waals surface area contributed by atoms with Gasteiger partial charge in [-0.1, -0.05) is 20.8 Å². The summed E-state index contributed by atoms with van der Waals surface area (Å²) in [6, 6.07) is 5.80. The van der Waals surface area contributed by atoms with Crippen molar-refractivity contribution in [2.24, 2.45) is 5.41 Å². The highest BCUT2D eigenvalue weighted by molar-refractivity contribution is 5.58. The lowest BCUT2D eigenvalue weighted by Gasteiger charge is -2.15. The summed E-state index contributed by atoms with van der Waals surface area (Å²) in [6.45, 7) is 6.54. The van der Waals surface area contributed by atoms with Crippen molar-refractivity contribution in [1.29, 1.82) is 0 Å². The van der Waals surface area contributed by atoms with E-state index in [1.165, 1.54) is 0 Å². The van der Waals surface area contributed by atoms with Gasteiger partial charge in [-0.15, -0.1) is 0 Å². The average molecular weight is 204 g/mol. The first-order valence-corrected chi connectivity index (χ1v) is 5.12. The molecule has 0 radical (unpaired) electrons. The zero-order valence-corrected chi connectivity index (χ0v) is 9.36. The zero-order chi connectivity index (χ0) is 11.1. The molecule has 0 aromatic heterocycles. The largest absolute Gasteiger partial charge is 0.427 e. The second-order valence-corrected chi connectivity index (χ2v) is 5.12. The fourth-order valence-electron chi connectivity index (χ4n) is 1.72. The summed E-state index contributed by atoms with van der Waals surface area (Å²) in [5, 5.41) is 9.54. The van der Waals surface area contributed by atoms with E-state index in [1.807, 2.05) is 18.2 Å². The molecule has 0 unspecified atom stereocenters. The van der Waals surface area contributed by atoms with Crippen molar-refractivity contribution in [1.82, 2.24) is 9.71 Å². The van der Waals surface area contributed by atoms with Crippen molar-refractivity contribution >= 4 is 0 Å². The van der Waals surface area contributed by atoms with E-state index in [0.717, 1.165) is 22.4 Å². The Morgan fingerprint density at radius 2 is 2.13 bits per heavy atom. The van der Waals surface area contributed by atoms with Crippen molar-refractivity contribution in [3.05, 3.63) is 30.1 Å². The summed E-state index contributed by atoms with van der Waals surface area (Å²) < 4.78 is 1.07. The van der Waals surface area contributed by atoms with Gasteiger partial charge in [0.2, 0.25) is 0 Å². The number of hydrogen-bond donors (Lipinski definition) is 1. The summed E-state index contributed by atoms with van der Waals surface area (Å²) in [6.07, 6.45) is 2.51. The summed E-state index contributed by atoms with van der Waals surface area (Å²) in [5.74, 6) is 0.636. The SMILES string of the molecule is CC(C)(C)Cc1cc2cccn(O)c-2n1. The van der Waals surface area contributed by atoms with Crippen LogP contribution < -0.4 is 0 Å². The molecule has 2 aliphatic heterocycles. The van der Waals surface area contributed by atoms with Crippen LogP contribution in [-0.2, 0) is 6.42 Å². The molecular weight excluding hydrogens is 188 g/mol. The van der Waals surface area contributed by atoms with Crippen LogP contribution in [0.4, 0.5) is 0 Å². The third-order valence-corrected chi connectivity index (χ3v) is 2.26. The Morgan fingerprint density at radius 1 is 1.40 bits per heavy atom. The molecule has 0 fully saturated rings. The number of nitrogens with zero attached hydrogens (tertiary/aromatic N) is 2. The smallest absolute Gasteiger partial charge is 0.175 e. The van der Waals surface area contributed by atoms with Gasteiger partial charge in [-0.05, 0) is 30.0 Å². The normalized spacial score (nSPS) is 12.2. The predicted octanol–water partition coefficient (Wildman–Crippen LogP) is 2.81. The van der Waals surface area contributed by atoms with E-state index in [0.29, 0.717) is 5.82 Å². The van der Waals surface area contributed by atoms with Gasteiger partial charge in [0.05, 0.1) is 0 Å². The predicted molar refractivity (Wildman–Crippen MR) is 59.2 cm³/mol. The van der Waals surface area contributed by atoms with Crippen molar-refractivity contribution in [3.63, 3.8) is 0 Å². The summed E-state index contributed by atoms with van der Waals surface area (Å²) in [4.78, 5) is 4.41. The van der Waals surface area contributed by atoms with Gasteiger partial charge in [0, 0.05) is 17.5 Å². The van der Waals surface area contributed by atoms with Crippen LogP contribution in [0.5, 0.6) is 0 Å². The topological polar surface area (TPSA) is 38.0 Å². The Balaban J connectivity index is 2.40. The average Bonchev–Trinajstić information content (AvgIpc) is 2.45. The van der Waals surface area contributed by atoms with E-state index < -0.39 is 0 Å². The van der Waals surface area contributed by atoms with Gasteiger partial charge in [-0.2, -0.15) is 4.73 Å². The lowest BCUT2D eigenvalue weighted by atomic mass is 9.91. The molecule has 2 heterocycles. The Kier molecular flexibility index (Phi) is 2.18. The maximum Gasteiger partial charge on any atom is 0.175 e.